The molecule has 0 amide bonds. The molecule has 0 aliphatic carbocycles. The van der Waals surface area contributed by atoms with Gasteiger partial charge in [-0.15, -0.1) is 0 Å². The Balaban J connectivity index is 2.90. The first kappa shape index (κ1) is 12.2. The van der Waals surface area contributed by atoms with Crippen LogP contribution in [0.25, 0.3) is 0 Å². The summed E-state index contributed by atoms with van der Waals surface area (Å²) in [5, 5.41) is 0. The van der Waals surface area contributed by atoms with Crippen LogP contribution in [0.5, 0.6) is 0 Å². The summed E-state index contributed by atoms with van der Waals surface area (Å²) in [4.78, 5) is 0. The second-order valence-corrected chi connectivity index (χ2v) is 5.67. The highest BCUT2D eigenvalue weighted by molar-refractivity contribution is 5.29. The molecule has 0 aliphatic rings. The van der Waals surface area contributed by atoms with E-state index in [0.717, 1.165) is 12.0 Å². The van der Waals surface area contributed by atoms with E-state index in [9.17, 15) is 4.39 Å². The molecule has 0 N–H and O–H groups in total. The van der Waals surface area contributed by atoms with Crippen LogP contribution < -0.4 is 0 Å². The van der Waals surface area contributed by atoms with Crippen LogP contribution in [0.2, 0.25) is 0 Å². The summed E-state index contributed by atoms with van der Waals surface area (Å²) in [5.74, 6) is 0.289. The largest absolute Gasteiger partial charge is 0.207 e. The standard InChI is InChI=1S/C14H21F/c1-10-6-7-12(15)8-13(10)11(2)9-14(3,4)5/h6-8,11H,9H2,1-5H3. The average Bonchev–Trinajstić information content (AvgIpc) is 2.06. The molecule has 0 spiro atoms. The summed E-state index contributed by atoms with van der Waals surface area (Å²) in [6.07, 6.45) is 1.08. The summed E-state index contributed by atoms with van der Waals surface area (Å²) < 4.78 is 13.1. The lowest BCUT2D eigenvalue weighted by Gasteiger charge is -2.24. The van der Waals surface area contributed by atoms with Crippen LogP contribution in [0.4, 0.5) is 4.39 Å². The summed E-state index contributed by atoms with van der Waals surface area (Å²) in [6.45, 7) is 10.9. The normalized spacial score (nSPS) is 14.0. The summed E-state index contributed by atoms with van der Waals surface area (Å²) in [6, 6.07) is 5.07. The molecule has 1 aromatic rings. The van der Waals surface area contributed by atoms with E-state index >= 15 is 0 Å². The fraction of sp³-hybridized carbons (Fsp3) is 0.571. The quantitative estimate of drug-likeness (QED) is 0.662. The maximum atomic E-state index is 13.1. The van der Waals surface area contributed by atoms with Crippen molar-refractivity contribution in [1.29, 1.82) is 0 Å². The van der Waals surface area contributed by atoms with Gasteiger partial charge in [0.05, 0.1) is 0 Å². The molecule has 1 rings (SSSR count). The zero-order chi connectivity index (χ0) is 11.6. The molecule has 1 atom stereocenters. The summed E-state index contributed by atoms with van der Waals surface area (Å²) in [7, 11) is 0. The summed E-state index contributed by atoms with van der Waals surface area (Å²) >= 11 is 0. The molecule has 0 nitrogen and oxygen atoms in total. The Morgan fingerprint density at radius 2 is 1.87 bits per heavy atom. The second-order valence-electron chi connectivity index (χ2n) is 5.67. The van der Waals surface area contributed by atoms with Crippen LogP contribution in [0.3, 0.4) is 0 Å². The van der Waals surface area contributed by atoms with Gasteiger partial charge in [-0.1, -0.05) is 33.8 Å². The third kappa shape index (κ3) is 3.65. The predicted molar refractivity (Wildman–Crippen MR) is 63.6 cm³/mol. The van der Waals surface area contributed by atoms with Gasteiger partial charge in [0.1, 0.15) is 5.82 Å². The first-order valence-corrected chi connectivity index (χ1v) is 5.55. The zero-order valence-electron chi connectivity index (χ0n) is 10.4. The molecule has 0 fully saturated rings. The molecular weight excluding hydrogens is 187 g/mol. The molecule has 0 aliphatic heterocycles. The maximum absolute atomic E-state index is 13.1. The number of hydrogen-bond acceptors (Lipinski definition) is 0. The van der Waals surface area contributed by atoms with Crippen molar-refractivity contribution in [3.8, 4) is 0 Å². The minimum Gasteiger partial charge on any atom is -0.207 e. The number of hydrogen-bond donors (Lipinski definition) is 0. The third-order valence-corrected chi connectivity index (χ3v) is 2.69. The lowest BCUT2D eigenvalue weighted by atomic mass is 9.81. The Morgan fingerprint density at radius 1 is 1.27 bits per heavy atom. The van der Waals surface area contributed by atoms with Crippen molar-refractivity contribution in [3.63, 3.8) is 0 Å². The highest BCUT2D eigenvalue weighted by atomic mass is 19.1. The Labute approximate surface area is 92.5 Å². The van der Waals surface area contributed by atoms with Gasteiger partial charge in [-0.3, -0.25) is 0 Å². The van der Waals surface area contributed by atoms with Gasteiger partial charge in [0.15, 0.2) is 0 Å². The van der Waals surface area contributed by atoms with Crippen molar-refractivity contribution in [1.82, 2.24) is 0 Å². The molecule has 1 unspecified atom stereocenters. The topological polar surface area (TPSA) is 0 Å². The van der Waals surface area contributed by atoms with Crippen LogP contribution in [-0.4, -0.2) is 0 Å². The fourth-order valence-corrected chi connectivity index (χ4v) is 2.17. The fourth-order valence-electron chi connectivity index (χ4n) is 2.17. The molecule has 0 radical (unpaired) electrons. The van der Waals surface area contributed by atoms with E-state index in [1.54, 1.807) is 6.07 Å². The van der Waals surface area contributed by atoms with Gasteiger partial charge in [0, 0.05) is 0 Å². The molecule has 84 valence electrons. The highest BCUT2D eigenvalue weighted by Gasteiger charge is 2.18. The first-order chi connectivity index (χ1) is 6.79. The van der Waals surface area contributed by atoms with E-state index in [1.807, 2.05) is 13.0 Å². The van der Waals surface area contributed by atoms with Crippen LogP contribution in [0.1, 0.15) is 51.2 Å². The van der Waals surface area contributed by atoms with Crippen molar-refractivity contribution >= 4 is 0 Å². The Morgan fingerprint density at radius 3 is 2.40 bits per heavy atom. The zero-order valence-corrected chi connectivity index (χ0v) is 10.4. The SMILES string of the molecule is Cc1ccc(F)cc1C(C)CC(C)(C)C. The van der Waals surface area contributed by atoms with Crippen molar-refractivity contribution in [2.45, 2.75) is 47.0 Å². The van der Waals surface area contributed by atoms with Crippen molar-refractivity contribution in [2.75, 3.05) is 0 Å². The summed E-state index contributed by atoms with van der Waals surface area (Å²) in [5.41, 5.74) is 2.62. The van der Waals surface area contributed by atoms with Gasteiger partial charge in [-0.2, -0.15) is 0 Å². The van der Waals surface area contributed by atoms with E-state index in [1.165, 1.54) is 11.6 Å². The van der Waals surface area contributed by atoms with Gasteiger partial charge in [-0.05, 0) is 47.9 Å². The van der Waals surface area contributed by atoms with E-state index < -0.39 is 0 Å². The van der Waals surface area contributed by atoms with Crippen LogP contribution >= 0.6 is 0 Å². The van der Waals surface area contributed by atoms with Crippen molar-refractivity contribution < 1.29 is 4.39 Å². The molecule has 15 heavy (non-hydrogen) atoms. The van der Waals surface area contributed by atoms with Crippen molar-refractivity contribution in [3.05, 3.63) is 35.1 Å². The number of halogens is 1. The molecule has 1 aromatic carbocycles. The van der Waals surface area contributed by atoms with Gasteiger partial charge in [0.25, 0.3) is 0 Å². The minimum absolute atomic E-state index is 0.128. The van der Waals surface area contributed by atoms with E-state index in [2.05, 4.69) is 27.7 Å². The van der Waals surface area contributed by atoms with Gasteiger partial charge in [-0.25, -0.2) is 4.39 Å². The van der Waals surface area contributed by atoms with Gasteiger partial charge in [0.2, 0.25) is 0 Å². The molecule has 0 saturated carbocycles. The van der Waals surface area contributed by atoms with E-state index in [-0.39, 0.29) is 11.2 Å². The first-order valence-electron chi connectivity index (χ1n) is 5.55. The third-order valence-electron chi connectivity index (χ3n) is 2.69. The van der Waals surface area contributed by atoms with Crippen LogP contribution in [0.15, 0.2) is 18.2 Å². The Kier molecular flexibility index (Phi) is 3.54. The van der Waals surface area contributed by atoms with Gasteiger partial charge >= 0.3 is 0 Å². The van der Waals surface area contributed by atoms with Crippen molar-refractivity contribution in [2.24, 2.45) is 5.41 Å². The number of benzene rings is 1. The Bertz CT molecular complexity index is 334. The maximum Gasteiger partial charge on any atom is 0.123 e. The molecular formula is C14H21F. The van der Waals surface area contributed by atoms with E-state index in [4.69, 9.17) is 0 Å². The Hall–Kier alpha value is -0.850. The molecule has 0 heterocycles. The smallest absolute Gasteiger partial charge is 0.123 e. The highest BCUT2D eigenvalue weighted by Crippen LogP contribution is 2.32. The molecule has 1 heteroatoms. The predicted octanol–water partition coefficient (Wildman–Crippen LogP) is 4.67. The molecule has 0 bridgehead atoms. The van der Waals surface area contributed by atoms with Crippen LogP contribution in [0, 0.1) is 18.2 Å². The molecule has 0 saturated heterocycles. The second kappa shape index (κ2) is 4.34. The van der Waals surface area contributed by atoms with E-state index in [0.29, 0.717) is 5.92 Å². The minimum atomic E-state index is -0.128. The lowest BCUT2D eigenvalue weighted by molar-refractivity contribution is 0.348. The van der Waals surface area contributed by atoms with Crippen LogP contribution in [-0.2, 0) is 0 Å². The number of rotatable bonds is 2. The monoisotopic (exact) mass is 208 g/mol. The molecule has 0 aromatic heterocycles. The number of aryl methyl sites for hydroxylation is 1. The van der Waals surface area contributed by atoms with Gasteiger partial charge < -0.3 is 0 Å². The average molecular weight is 208 g/mol. The lowest BCUT2D eigenvalue weighted by Crippen LogP contribution is -2.10.